The summed E-state index contributed by atoms with van der Waals surface area (Å²) in [5, 5.41) is 2.78. The Kier molecular flexibility index (Phi) is 3.57. The van der Waals surface area contributed by atoms with Crippen molar-refractivity contribution in [2.24, 2.45) is 5.84 Å². The van der Waals surface area contributed by atoms with Crippen LogP contribution < -0.4 is 16.6 Å². The van der Waals surface area contributed by atoms with Crippen LogP contribution in [-0.4, -0.2) is 4.98 Å². The van der Waals surface area contributed by atoms with Crippen LogP contribution in [0.2, 0.25) is 0 Å². The number of alkyl halides is 3. The quantitative estimate of drug-likeness (QED) is 0.591. The lowest BCUT2D eigenvalue weighted by atomic mass is 10.2. The molecule has 0 amide bonds. The van der Waals surface area contributed by atoms with Crippen LogP contribution in [0.1, 0.15) is 5.56 Å². The molecule has 0 aliphatic rings. The number of nitrogens with two attached hydrogens (primary N) is 1. The molecule has 0 bridgehead atoms. The minimum atomic E-state index is -4.46. The molecule has 4 N–H and O–H groups in total. The molecular formula is C12H11F3N4. The zero-order chi connectivity index (χ0) is 13.9. The molecule has 1 aromatic heterocycles. The highest BCUT2D eigenvalue weighted by Crippen LogP contribution is 2.32. The Balaban J connectivity index is 2.35. The van der Waals surface area contributed by atoms with E-state index in [-0.39, 0.29) is 11.6 Å². The summed E-state index contributed by atoms with van der Waals surface area (Å²) in [6.07, 6.45) is -4.46. The van der Waals surface area contributed by atoms with Gasteiger partial charge in [0.15, 0.2) is 0 Å². The maximum Gasteiger partial charge on any atom is 0.416 e. The third-order valence-electron chi connectivity index (χ3n) is 2.35. The van der Waals surface area contributed by atoms with Crippen molar-refractivity contribution in [2.45, 2.75) is 6.18 Å². The van der Waals surface area contributed by atoms with Crippen molar-refractivity contribution in [2.75, 3.05) is 10.7 Å². The number of para-hydroxylation sites is 1. The standard InChI is InChI=1S/C12H11F3N4/c13-12(14,15)8-6-10(18-11(7-8)19-16)17-9-4-2-1-3-5-9/h1-7H,16H2,(H2,17,18,19). The summed E-state index contributed by atoms with van der Waals surface area (Å²) < 4.78 is 38.1. The van der Waals surface area contributed by atoms with E-state index < -0.39 is 11.7 Å². The monoisotopic (exact) mass is 268 g/mol. The first kappa shape index (κ1) is 13.2. The molecule has 1 heterocycles. The summed E-state index contributed by atoms with van der Waals surface area (Å²) in [7, 11) is 0. The molecule has 19 heavy (non-hydrogen) atoms. The topological polar surface area (TPSA) is 63.0 Å². The first-order valence-electron chi connectivity index (χ1n) is 5.37. The second kappa shape index (κ2) is 5.15. The summed E-state index contributed by atoms with van der Waals surface area (Å²) in [6, 6.07) is 10.5. The number of rotatable bonds is 3. The van der Waals surface area contributed by atoms with Gasteiger partial charge in [-0.15, -0.1) is 0 Å². The van der Waals surface area contributed by atoms with Crippen molar-refractivity contribution in [3.63, 3.8) is 0 Å². The van der Waals surface area contributed by atoms with Gasteiger partial charge in [0.2, 0.25) is 0 Å². The lowest BCUT2D eigenvalue weighted by Gasteiger charge is -2.12. The number of anilines is 3. The second-order valence-electron chi connectivity index (χ2n) is 3.76. The van der Waals surface area contributed by atoms with Gasteiger partial charge < -0.3 is 10.7 Å². The molecule has 1 aromatic carbocycles. The van der Waals surface area contributed by atoms with E-state index in [1.807, 2.05) is 0 Å². The molecule has 7 heteroatoms. The molecule has 0 atom stereocenters. The molecule has 0 saturated carbocycles. The third-order valence-corrected chi connectivity index (χ3v) is 2.35. The van der Waals surface area contributed by atoms with Gasteiger partial charge in [0.25, 0.3) is 0 Å². The smallest absolute Gasteiger partial charge is 0.340 e. The lowest BCUT2D eigenvalue weighted by Crippen LogP contribution is -2.13. The van der Waals surface area contributed by atoms with Crippen molar-refractivity contribution in [1.82, 2.24) is 4.98 Å². The fourth-order valence-electron chi connectivity index (χ4n) is 1.50. The minimum Gasteiger partial charge on any atom is -0.340 e. The summed E-state index contributed by atoms with van der Waals surface area (Å²) in [5.74, 6) is 5.12. The molecular weight excluding hydrogens is 257 g/mol. The number of benzene rings is 1. The van der Waals surface area contributed by atoms with Crippen LogP contribution in [0.5, 0.6) is 0 Å². The molecule has 4 nitrogen and oxygen atoms in total. The van der Waals surface area contributed by atoms with Gasteiger partial charge in [-0.05, 0) is 24.3 Å². The van der Waals surface area contributed by atoms with Crippen molar-refractivity contribution < 1.29 is 13.2 Å². The van der Waals surface area contributed by atoms with Gasteiger partial charge in [-0.1, -0.05) is 18.2 Å². The lowest BCUT2D eigenvalue weighted by molar-refractivity contribution is -0.137. The van der Waals surface area contributed by atoms with Gasteiger partial charge in [0.1, 0.15) is 11.6 Å². The van der Waals surface area contributed by atoms with Crippen molar-refractivity contribution in [3.8, 4) is 0 Å². The van der Waals surface area contributed by atoms with Gasteiger partial charge in [0.05, 0.1) is 5.56 Å². The van der Waals surface area contributed by atoms with Crippen molar-refractivity contribution in [1.29, 1.82) is 0 Å². The van der Waals surface area contributed by atoms with Crippen LogP contribution in [0.15, 0.2) is 42.5 Å². The Hall–Kier alpha value is -2.28. The van der Waals surface area contributed by atoms with Gasteiger partial charge in [-0.3, -0.25) is 0 Å². The molecule has 2 aromatic rings. The minimum absolute atomic E-state index is 0.0618. The van der Waals surface area contributed by atoms with Crippen LogP contribution in [0.3, 0.4) is 0 Å². The molecule has 2 rings (SSSR count). The number of hydrogen-bond donors (Lipinski definition) is 3. The van der Waals surface area contributed by atoms with Crippen LogP contribution in [0.4, 0.5) is 30.5 Å². The predicted molar refractivity (Wildman–Crippen MR) is 66.8 cm³/mol. The largest absolute Gasteiger partial charge is 0.416 e. The number of hydrogen-bond acceptors (Lipinski definition) is 4. The van der Waals surface area contributed by atoms with Crippen LogP contribution in [0, 0.1) is 0 Å². The Bertz CT molecular complexity index is 555. The SMILES string of the molecule is NNc1cc(C(F)(F)F)cc(Nc2ccccc2)n1. The first-order valence-corrected chi connectivity index (χ1v) is 5.37. The van der Waals surface area contributed by atoms with Crippen LogP contribution in [-0.2, 0) is 6.18 Å². The van der Waals surface area contributed by atoms with E-state index in [1.54, 1.807) is 30.3 Å². The Morgan fingerprint density at radius 2 is 1.63 bits per heavy atom. The van der Waals surface area contributed by atoms with E-state index in [1.165, 1.54) is 0 Å². The zero-order valence-electron chi connectivity index (χ0n) is 9.70. The Morgan fingerprint density at radius 1 is 1.00 bits per heavy atom. The summed E-state index contributed by atoms with van der Waals surface area (Å²) in [4.78, 5) is 3.91. The third kappa shape index (κ3) is 3.35. The highest BCUT2D eigenvalue weighted by atomic mass is 19.4. The van der Waals surface area contributed by atoms with Gasteiger partial charge >= 0.3 is 6.18 Å². The van der Waals surface area contributed by atoms with E-state index in [0.29, 0.717) is 5.69 Å². The van der Waals surface area contributed by atoms with Crippen LogP contribution >= 0.6 is 0 Å². The normalized spacial score (nSPS) is 11.2. The number of pyridine rings is 1. The highest BCUT2D eigenvalue weighted by Gasteiger charge is 2.31. The van der Waals surface area contributed by atoms with E-state index in [9.17, 15) is 13.2 Å². The fourth-order valence-corrected chi connectivity index (χ4v) is 1.50. The molecule has 0 unspecified atom stereocenters. The average molecular weight is 268 g/mol. The highest BCUT2D eigenvalue weighted by molar-refractivity contribution is 5.59. The summed E-state index contributed by atoms with van der Waals surface area (Å²) >= 11 is 0. The first-order chi connectivity index (χ1) is 8.99. The average Bonchev–Trinajstić information content (AvgIpc) is 2.38. The van der Waals surface area contributed by atoms with E-state index in [4.69, 9.17) is 5.84 Å². The molecule has 0 aliphatic heterocycles. The van der Waals surface area contributed by atoms with Gasteiger partial charge in [-0.25, -0.2) is 10.8 Å². The Labute approximate surface area is 107 Å². The molecule has 100 valence electrons. The Morgan fingerprint density at radius 3 is 2.21 bits per heavy atom. The maximum atomic E-state index is 12.7. The molecule has 0 spiro atoms. The van der Waals surface area contributed by atoms with Crippen molar-refractivity contribution in [3.05, 3.63) is 48.0 Å². The number of halogens is 3. The number of nitrogens with one attached hydrogen (secondary N) is 2. The summed E-state index contributed by atoms with van der Waals surface area (Å²) in [5.41, 5.74) is 1.93. The number of nitrogens with zero attached hydrogens (tertiary/aromatic N) is 1. The number of nitrogen functional groups attached to an aromatic ring is 1. The van der Waals surface area contributed by atoms with Gasteiger partial charge in [0, 0.05) is 5.69 Å². The summed E-state index contributed by atoms with van der Waals surface area (Å²) in [6.45, 7) is 0. The maximum absolute atomic E-state index is 12.7. The van der Waals surface area contributed by atoms with E-state index in [0.717, 1.165) is 12.1 Å². The zero-order valence-corrected chi connectivity index (χ0v) is 9.70. The second-order valence-corrected chi connectivity index (χ2v) is 3.76. The molecule has 0 fully saturated rings. The van der Waals surface area contributed by atoms with Crippen molar-refractivity contribution >= 4 is 17.3 Å². The number of hydrazine groups is 1. The van der Waals surface area contributed by atoms with Gasteiger partial charge in [-0.2, -0.15) is 13.2 Å². The van der Waals surface area contributed by atoms with E-state index in [2.05, 4.69) is 15.7 Å². The molecule has 0 saturated heterocycles. The predicted octanol–water partition coefficient (Wildman–Crippen LogP) is 3.13. The number of aromatic nitrogens is 1. The van der Waals surface area contributed by atoms with Crippen LogP contribution in [0.25, 0.3) is 0 Å². The fraction of sp³-hybridized carbons (Fsp3) is 0.0833. The van der Waals surface area contributed by atoms with E-state index >= 15 is 0 Å². The molecule has 0 radical (unpaired) electrons. The molecule has 0 aliphatic carbocycles.